The molecule has 0 radical (unpaired) electrons. The fourth-order valence-corrected chi connectivity index (χ4v) is 4.29. The van der Waals surface area contributed by atoms with E-state index in [-0.39, 0.29) is 28.9 Å². The summed E-state index contributed by atoms with van der Waals surface area (Å²) in [6, 6.07) is 15.9. The van der Waals surface area contributed by atoms with Gasteiger partial charge in [-0.05, 0) is 77.8 Å². The lowest BCUT2D eigenvalue weighted by atomic mass is 9.72. The zero-order valence-electron chi connectivity index (χ0n) is 22.9. The molecule has 0 aliphatic heterocycles. The summed E-state index contributed by atoms with van der Waals surface area (Å²) in [4.78, 5) is 24.4. The molecule has 202 valence electrons. The molecule has 1 aromatic heterocycles. The Labute approximate surface area is 224 Å². The quantitative estimate of drug-likeness (QED) is 0.141. The first-order valence-electron chi connectivity index (χ1n) is 12.5. The molecule has 1 heterocycles. The fraction of sp³-hybridized carbons (Fsp3) is 0.367. The van der Waals surface area contributed by atoms with Gasteiger partial charge in [-0.2, -0.15) is 5.10 Å². The summed E-state index contributed by atoms with van der Waals surface area (Å²) in [6.07, 6.45) is 3.90. The van der Waals surface area contributed by atoms with Crippen molar-refractivity contribution >= 4 is 18.1 Å². The first-order valence-corrected chi connectivity index (χ1v) is 12.5. The molecule has 8 heteroatoms. The number of hydrogen-bond donors (Lipinski definition) is 1. The first-order chi connectivity index (χ1) is 18.0. The topological polar surface area (TPSA) is 99.4 Å². The zero-order chi connectivity index (χ0) is 27.8. The van der Waals surface area contributed by atoms with Gasteiger partial charge in [-0.15, -0.1) is 0 Å². The van der Waals surface area contributed by atoms with Gasteiger partial charge in [0.05, 0.1) is 19.1 Å². The third-order valence-electron chi connectivity index (χ3n) is 5.57. The van der Waals surface area contributed by atoms with Gasteiger partial charge in [0.15, 0.2) is 18.1 Å². The average molecular weight is 521 g/mol. The average Bonchev–Trinajstić information content (AvgIpc) is 3.39. The molecule has 0 spiro atoms. The van der Waals surface area contributed by atoms with E-state index in [1.165, 1.54) is 24.1 Å². The predicted octanol–water partition coefficient (Wildman–Crippen LogP) is 6.14. The minimum atomic E-state index is -0.632. The molecule has 0 unspecified atom stereocenters. The third-order valence-corrected chi connectivity index (χ3v) is 5.57. The Bertz CT molecular complexity index is 1240. The number of hydrogen-bond acceptors (Lipinski definition) is 7. The molecule has 0 atom stereocenters. The highest BCUT2D eigenvalue weighted by atomic mass is 16.6. The molecular weight excluding hydrogens is 484 g/mol. The standard InChI is InChI=1S/C30H36N2O6/c1-7-35-26-17-21(10-15-24(26)38-28(34)25-9-8-16-36-25)18-31-32-27(33)19-37-23-13-11-22(12-14-23)30(5,6)20-29(2,3)4/h8-18H,7,19-20H2,1-6H3,(H,32,33). The highest BCUT2D eigenvalue weighted by molar-refractivity contribution is 5.89. The van der Waals surface area contributed by atoms with Crippen LogP contribution in [0.3, 0.4) is 0 Å². The van der Waals surface area contributed by atoms with Gasteiger partial charge in [0, 0.05) is 0 Å². The largest absolute Gasteiger partial charge is 0.490 e. The number of carbonyl (C=O) groups is 2. The number of furan rings is 1. The summed E-state index contributed by atoms with van der Waals surface area (Å²) in [6.45, 7) is 13.2. The number of nitrogens with one attached hydrogen (secondary N) is 1. The van der Waals surface area contributed by atoms with Gasteiger partial charge in [0.2, 0.25) is 5.76 Å². The number of hydrazone groups is 1. The zero-order valence-corrected chi connectivity index (χ0v) is 22.9. The van der Waals surface area contributed by atoms with Crippen molar-refractivity contribution in [1.29, 1.82) is 0 Å². The summed E-state index contributed by atoms with van der Waals surface area (Å²) in [7, 11) is 0. The van der Waals surface area contributed by atoms with E-state index < -0.39 is 11.9 Å². The van der Waals surface area contributed by atoms with Crippen LogP contribution in [0, 0.1) is 5.41 Å². The number of rotatable bonds is 11. The molecule has 0 fully saturated rings. The fourth-order valence-electron chi connectivity index (χ4n) is 4.29. The lowest BCUT2D eigenvalue weighted by Gasteiger charge is -2.33. The predicted molar refractivity (Wildman–Crippen MR) is 146 cm³/mol. The molecule has 2 aromatic carbocycles. The Hall–Kier alpha value is -4.07. The van der Waals surface area contributed by atoms with E-state index in [0.717, 1.165) is 6.42 Å². The second kappa shape index (κ2) is 12.4. The molecule has 0 saturated heterocycles. The molecule has 0 bridgehead atoms. The van der Waals surface area contributed by atoms with E-state index in [2.05, 4.69) is 45.1 Å². The van der Waals surface area contributed by atoms with Crippen molar-refractivity contribution in [3.63, 3.8) is 0 Å². The van der Waals surface area contributed by atoms with Crippen LogP contribution in [0.25, 0.3) is 0 Å². The van der Waals surface area contributed by atoms with E-state index in [1.807, 2.05) is 31.2 Å². The molecule has 0 saturated carbocycles. The van der Waals surface area contributed by atoms with Gasteiger partial charge in [-0.1, -0.05) is 46.8 Å². The smallest absolute Gasteiger partial charge is 0.379 e. The summed E-state index contributed by atoms with van der Waals surface area (Å²) >= 11 is 0. The van der Waals surface area contributed by atoms with Gasteiger partial charge in [0.25, 0.3) is 5.91 Å². The number of nitrogens with zero attached hydrogens (tertiary/aromatic N) is 1. The summed E-state index contributed by atoms with van der Waals surface area (Å²) in [5.41, 5.74) is 4.56. The van der Waals surface area contributed by atoms with E-state index in [0.29, 0.717) is 23.7 Å². The van der Waals surface area contributed by atoms with Crippen LogP contribution < -0.4 is 19.6 Å². The van der Waals surface area contributed by atoms with E-state index >= 15 is 0 Å². The lowest BCUT2D eigenvalue weighted by Crippen LogP contribution is -2.25. The van der Waals surface area contributed by atoms with Crippen molar-refractivity contribution in [3.8, 4) is 17.2 Å². The highest BCUT2D eigenvalue weighted by Gasteiger charge is 2.27. The maximum Gasteiger partial charge on any atom is 0.379 e. The maximum absolute atomic E-state index is 12.2. The van der Waals surface area contributed by atoms with Crippen molar-refractivity contribution in [3.05, 3.63) is 77.7 Å². The Balaban J connectivity index is 1.53. The lowest BCUT2D eigenvalue weighted by molar-refractivity contribution is -0.123. The third kappa shape index (κ3) is 8.50. The number of amides is 1. The molecule has 1 amide bonds. The van der Waals surface area contributed by atoms with Crippen LogP contribution in [0.2, 0.25) is 0 Å². The van der Waals surface area contributed by atoms with Gasteiger partial charge in [-0.25, -0.2) is 10.2 Å². The van der Waals surface area contributed by atoms with E-state index in [4.69, 9.17) is 18.6 Å². The number of carbonyl (C=O) groups excluding carboxylic acids is 2. The van der Waals surface area contributed by atoms with Crippen LogP contribution in [0.5, 0.6) is 17.2 Å². The Morgan fingerprint density at radius 1 is 0.974 bits per heavy atom. The monoisotopic (exact) mass is 520 g/mol. The second-order valence-electron chi connectivity index (χ2n) is 10.7. The Kier molecular flexibility index (Phi) is 9.34. The molecule has 0 aliphatic rings. The molecule has 3 aromatic rings. The minimum absolute atomic E-state index is 0.0319. The minimum Gasteiger partial charge on any atom is -0.490 e. The summed E-state index contributed by atoms with van der Waals surface area (Å²) in [5.74, 6) is 0.278. The van der Waals surface area contributed by atoms with Crippen LogP contribution in [0.1, 0.15) is 69.6 Å². The van der Waals surface area contributed by atoms with E-state index in [9.17, 15) is 9.59 Å². The molecule has 3 rings (SSSR count). The van der Waals surface area contributed by atoms with Crippen LogP contribution in [0.15, 0.2) is 70.4 Å². The normalized spacial score (nSPS) is 11.8. The Morgan fingerprint density at radius 2 is 1.71 bits per heavy atom. The van der Waals surface area contributed by atoms with Crippen molar-refractivity contribution < 1.29 is 28.2 Å². The van der Waals surface area contributed by atoms with Crippen LogP contribution in [-0.4, -0.2) is 31.3 Å². The SMILES string of the molecule is CCOc1cc(C=NNC(=O)COc2ccc(C(C)(C)CC(C)(C)C)cc2)ccc1OC(=O)c1ccco1. The van der Waals surface area contributed by atoms with Crippen molar-refractivity contribution in [2.45, 2.75) is 53.4 Å². The van der Waals surface area contributed by atoms with Gasteiger partial charge < -0.3 is 18.6 Å². The first kappa shape index (κ1) is 28.5. The van der Waals surface area contributed by atoms with Gasteiger partial charge >= 0.3 is 5.97 Å². The number of esters is 1. The molecule has 38 heavy (non-hydrogen) atoms. The summed E-state index contributed by atoms with van der Waals surface area (Å²) < 4.78 is 21.6. The van der Waals surface area contributed by atoms with Crippen molar-refractivity contribution in [2.75, 3.05) is 13.2 Å². The molecule has 8 nitrogen and oxygen atoms in total. The van der Waals surface area contributed by atoms with Gasteiger partial charge in [-0.3, -0.25) is 4.79 Å². The highest BCUT2D eigenvalue weighted by Crippen LogP contribution is 2.36. The van der Waals surface area contributed by atoms with E-state index in [1.54, 1.807) is 24.3 Å². The number of benzene rings is 2. The van der Waals surface area contributed by atoms with Crippen molar-refractivity contribution in [1.82, 2.24) is 5.43 Å². The maximum atomic E-state index is 12.2. The van der Waals surface area contributed by atoms with Crippen LogP contribution >= 0.6 is 0 Å². The van der Waals surface area contributed by atoms with Crippen LogP contribution in [-0.2, 0) is 10.2 Å². The van der Waals surface area contributed by atoms with Crippen molar-refractivity contribution in [2.24, 2.45) is 10.5 Å². The van der Waals surface area contributed by atoms with Crippen LogP contribution in [0.4, 0.5) is 0 Å². The van der Waals surface area contributed by atoms with Gasteiger partial charge in [0.1, 0.15) is 5.75 Å². The second-order valence-corrected chi connectivity index (χ2v) is 10.7. The Morgan fingerprint density at radius 3 is 2.34 bits per heavy atom. The molecular formula is C30H36N2O6. The number of ether oxygens (including phenoxy) is 3. The molecule has 0 aliphatic carbocycles. The molecule has 1 N–H and O–H groups in total. The summed E-state index contributed by atoms with van der Waals surface area (Å²) in [5, 5.41) is 3.98.